The van der Waals surface area contributed by atoms with E-state index in [1.165, 1.54) is 12.0 Å². The lowest BCUT2D eigenvalue weighted by Gasteiger charge is -2.10. The van der Waals surface area contributed by atoms with Gasteiger partial charge in [0.15, 0.2) is 0 Å². The molecule has 78 valence electrons. The van der Waals surface area contributed by atoms with Gasteiger partial charge in [0, 0.05) is 12.2 Å². The Kier molecular flexibility index (Phi) is 4.98. The van der Waals surface area contributed by atoms with E-state index in [0.29, 0.717) is 6.04 Å². The second-order valence-corrected chi connectivity index (χ2v) is 4.40. The molecule has 0 aromatic carbocycles. The Morgan fingerprint density at radius 2 is 2.36 bits per heavy atom. The summed E-state index contributed by atoms with van der Waals surface area (Å²) in [5.41, 5.74) is 1.31. The Balaban J connectivity index is 2.68. The van der Waals surface area contributed by atoms with Crippen LogP contribution in [-0.4, -0.2) is 17.8 Å². The maximum absolute atomic E-state index is 4.33. The molecule has 0 fully saturated rings. The van der Waals surface area contributed by atoms with Gasteiger partial charge >= 0.3 is 0 Å². The molecule has 0 radical (unpaired) electrons. The molecule has 0 saturated carbocycles. The molecule has 0 spiro atoms. The molecule has 3 heteroatoms. The zero-order valence-electron chi connectivity index (χ0n) is 9.08. The number of hydrogen-bond donors (Lipinski definition) is 1. The quantitative estimate of drug-likeness (QED) is 0.756. The topological polar surface area (TPSA) is 24.9 Å². The van der Waals surface area contributed by atoms with E-state index in [0.717, 1.165) is 10.8 Å². The van der Waals surface area contributed by atoms with Crippen LogP contribution in [-0.2, 0) is 0 Å². The lowest BCUT2D eigenvalue weighted by Crippen LogP contribution is -2.12. The van der Waals surface area contributed by atoms with Gasteiger partial charge in [-0.3, -0.25) is 0 Å². The number of rotatable bonds is 5. The van der Waals surface area contributed by atoms with Gasteiger partial charge in [-0.05, 0) is 43.8 Å². The van der Waals surface area contributed by atoms with Gasteiger partial charge < -0.3 is 5.32 Å². The fourth-order valence-electron chi connectivity index (χ4n) is 1.15. The zero-order valence-corrected chi connectivity index (χ0v) is 9.90. The second kappa shape index (κ2) is 6.04. The molecule has 1 aromatic heterocycles. The summed E-state index contributed by atoms with van der Waals surface area (Å²) >= 11 is 1.82. The monoisotopic (exact) mass is 210 g/mol. The number of hydrogen-bond acceptors (Lipinski definition) is 3. The van der Waals surface area contributed by atoms with E-state index in [9.17, 15) is 0 Å². The molecule has 2 nitrogen and oxygen atoms in total. The fraction of sp³-hybridized carbons (Fsp3) is 0.545. The summed E-state index contributed by atoms with van der Waals surface area (Å²) in [6.07, 6.45) is 3.08. The van der Waals surface area contributed by atoms with Crippen molar-refractivity contribution in [2.75, 3.05) is 12.8 Å². The van der Waals surface area contributed by atoms with Crippen molar-refractivity contribution in [1.29, 1.82) is 0 Å². The van der Waals surface area contributed by atoms with Crippen LogP contribution in [0, 0.1) is 0 Å². The average molecular weight is 210 g/mol. The SMILES string of the molecule is CCCSc1cc(C(C)NC)ccn1. The fourth-order valence-corrected chi connectivity index (χ4v) is 1.91. The smallest absolute Gasteiger partial charge is 0.0963 e. The van der Waals surface area contributed by atoms with Gasteiger partial charge in [-0.25, -0.2) is 4.98 Å². The molecule has 0 aliphatic heterocycles. The lowest BCUT2D eigenvalue weighted by atomic mass is 10.1. The lowest BCUT2D eigenvalue weighted by molar-refractivity contribution is 0.649. The first-order valence-electron chi connectivity index (χ1n) is 5.04. The van der Waals surface area contributed by atoms with Gasteiger partial charge in [0.25, 0.3) is 0 Å². The minimum atomic E-state index is 0.402. The van der Waals surface area contributed by atoms with E-state index in [-0.39, 0.29) is 0 Å². The first kappa shape index (κ1) is 11.5. The Bertz CT molecular complexity index is 276. The Morgan fingerprint density at radius 1 is 1.57 bits per heavy atom. The maximum Gasteiger partial charge on any atom is 0.0963 e. The van der Waals surface area contributed by atoms with Gasteiger partial charge in [0.1, 0.15) is 0 Å². The van der Waals surface area contributed by atoms with Crippen molar-refractivity contribution in [3.63, 3.8) is 0 Å². The molecule has 1 N–H and O–H groups in total. The van der Waals surface area contributed by atoms with E-state index in [2.05, 4.69) is 36.3 Å². The molecule has 0 aliphatic carbocycles. The zero-order chi connectivity index (χ0) is 10.4. The van der Waals surface area contributed by atoms with E-state index in [1.54, 1.807) is 0 Å². The number of aromatic nitrogens is 1. The molecule has 1 aromatic rings. The standard InChI is InChI=1S/C11H18N2S/c1-4-7-14-11-8-10(5-6-13-11)9(2)12-3/h5-6,8-9,12H,4,7H2,1-3H3. The maximum atomic E-state index is 4.33. The van der Waals surface area contributed by atoms with Crippen molar-refractivity contribution in [2.45, 2.75) is 31.3 Å². The van der Waals surface area contributed by atoms with Crippen LogP contribution in [0.4, 0.5) is 0 Å². The van der Waals surface area contributed by atoms with Crippen LogP contribution >= 0.6 is 11.8 Å². The summed E-state index contributed by atoms with van der Waals surface area (Å²) in [5, 5.41) is 4.36. The minimum absolute atomic E-state index is 0.402. The number of nitrogens with one attached hydrogen (secondary N) is 1. The number of thioether (sulfide) groups is 1. The van der Waals surface area contributed by atoms with Crippen LogP contribution in [0.5, 0.6) is 0 Å². The van der Waals surface area contributed by atoms with Crippen molar-refractivity contribution in [3.8, 4) is 0 Å². The Labute approximate surface area is 90.5 Å². The molecule has 14 heavy (non-hydrogen) atoms. The van der Waals surface area contributed by atoms with Crippen LogP contribution in [0.2, 0.25) is 0 Å². The van der Waals surface area contributed by atoms with E-state index < -0.39 is 0 Å². The number of pyridine rings is 1. The second-order valence-electron chi connectivity index (χ2n) is 3.29. The van der Waals surface area contributed by atoms with Crippen molar-refractivity contribution in [2.24, 2.45) is 0 Å². The average Bonchev–Trinajstić information content (AvgIpc) is 2.25. The van der Waals surface area contributed by atoms with Gasteiger partial charge in [-0.15, -0.1) is 11.8 Å². The van der Waals surface area contributed by atoms with Crippen molar-refractivity contribution < 1.29 is 0 Å². The highest BCUT2D eigenvalue weighted by Crippen LogP contribution is 2.20. The molecule has 1 atom stereocenters. The first-order chi connectivity index (χ1) is 6.77. The minimum Gasteiger partial charge on any atom is -0.313 e. The highest BCUT2D eigenvalue weighted by Gasteiger charge is 2.03. The Hall–Kier alpha value is -0.540. The molecule has 0 amide bonds. The summed E-state index contributed by atoms with van der Waals surface area (Å²) in [7, 11) is 1.98. The van der Waals surface area contributed by atoms with Crippen molar-refractivity contribution >= 4 is 11.8 Å². The molecule has 0 bridgehead atoms. The summed E-state index contributed by atoms with van der Waals surface area (Å²) in [6.45, 7) is 4.34. The summed E-state index contributed by atoms with van der Waals surface area (Å²) < 4.78 is 0. The summed E-state index contributed by atoms with van der Waals surface area (Å²) in [5.74, 6) is 1.14. The van der Waals surface area contributed by atoms with Gasteiger partial charge in [-0.1, -0.05) is 6.92 Å². The van der Waals surface area contributed by atoms with Gasteiger partial charge in [-0.2, -0.15) is 0 Å². The molecule has 1 unspecified atom stereocenters. The predicted octanol–water partition coefficient (Wildman–Crippen LogP) is 2.86. The normalized spacial score (nSPS) is 12.8. The van der Waals surface area contributed by atoms with Gasteiger partial charge in [0.05, 0.1) is 5.03 Å². The third kappa shape index (κ3) is 3.31. The molecular weight excluding hydrogens is 192 g/mol. The molecular formula is C11H18N2S. The summed E-state index contributed by atoms with van der Waals surface area (Å²) in [4.78, 5) is 4.33. The van der Waals surface area contributed by atoms with Crippen LogP contribution in [0.1, 0.15) is 31.9 Å². The third-order valence-electron chi connectivity index (χ3n) is 2.15. The predicted molar refractivity (Wildman–Crippen MR) is 62.7 cm³/mol. The largest absolute Gasteiger partial charge is 0.313 e. The van der Waals surface area contributed by atoms with E-state index >= 15 is 0 Å². The molecule has 1 heterocycles. The van der Waals surface area contributed by atoms with Crippen molar-refractivity contribution in [3.05, 3.63) is 23.9 Å². The van der Waals surface area contributed by atoms with Crippen LogP contribution in [0.3, 0.4) is 0 Å². The molecule has 0 saturated heterocycles. The molecule has 1 rings (SSSR count). The van der Waals surface area contributed by atoms with Crippen molar-refractivity contribution in [1.82, 2.24) is 10.3 Å². The van der Waals surface area contributed by atoms with Crippen LogP contribution < -0.4 is 5.32 Å². The number of nitrogens with zero attached hydrogens (tertiary/aromatic N) is 1. The first-order valence-corrected chi connectivity index (χ1v) is 6.02. The van der Waals surface area contributed by atoms with Crippen LogP contribution in [0.15, 0.2) is 23.4 Å². The van der Waals surface area contributed by atoms with E-state index in [1.807, 2.05) is 25.0 Å². The van der Waals surface area contributed by atoms with Crippen LogP contribution in [0.25, 0.3) is 0 Å². The van der Waals surface area contributed by atoms with E-state index in [4.69, 9.17) is 0 Å². The Morgan fingerprint density at radius 3 is 3.00 bits per heavy atom. The van der Waals surface area contributed by atoms with Gasteiger partial charge in [0.2, 0.25) is 0 Å². The highest BCUT2D eigenvalue weighted by molar-refractivity contribution is 7.99. The summed E-state index contributed by atoms with van der Waals surface area (Å²) in [6, 6.07) is 4.64. The highest BCUT2D eigenvalue weighted by atomic mass is 32.2. The third-order valence-corrected chi connectivity index (χ3v) is 3.28. The molecule has 0 aliphatic rings.